The Labute approximate surface area is 203 Å². The monoisotopic (exact) mass is 569 g/mol. The summed E-state index contributed by atoms with van der Waals surface area (Å²) >= 11 is 0. The number of alkyl halides is 3. The minimum atomic E-state index is -4.51. The van der Waals surface area contributed by atoms with Gasteiger partial charge in [-0.3, -0.25) is 4.99 Å². The molecule has 0 aliphatic heterocycles. The molecule has 0 amide bonds. The van der Waals surface area contributed by atoms with Crippen LogP contribution in [0.1, 0.15) is 64.4 Å². The Morgan fingerprint density at radius 2 is 1.69 bits per heavy atom. The van der Waals surface area contributed by atoms with E-state index in [-0.39, 0.29) is 53.8 Å². The molecule has 2 N–H and O–H groups in total. The van der Waals surface area contributed by atoms with Crippen molar-refractivity contribution in [3.8, 4) is 5.75 Å². The van der Waals surface area contributed by atoms with Crippen LogP contribution >= 0.6 is 24.0 Å². The largest absolute Gasteiger partial charge is 0.488 e. The Hall–Kier alpha value is -2.05. The number of guanidine groups is 1. The molecule has 7 nitrogen and oxygen atoms in total. The normalized spacial score (nSPS) is 12.9. The smallest absolute Gasteiger partial charge is 0.416 e. The van der Waals surface area contributed by atoms with E-state index in [9.17, 15) is 13.2 Å². The predicted molar refractivity (Wildman–Crippen MR) is 127 cm³/mol. The van der Waals surface area contributed by atoms with Gasteiger partial charge in [0.15, 0.2) is 11.8 Å². The van der Waals surface area contributed by atoms with E-state index in [1.54, 1.807) is 20.8 Å². The second kappa shape index (κ2) is 10.7. The zero-order chi connectivity index (χ0) is 23.4. The van der Waals surface area contributed by atoms with Crippen molar-refractivity contribution in [1.29, 1.82) is 0 Å². The molecule has 32 heavy (non-hydrogen) atoms. The third kappa shape index (κ3) is 8.47. The Bertz CT molecular complexity index is 915. The number of aromatic nitrogens is 2. The van der Waals surface area contributed by atoms with Crippen LogP contribution in [-0.2, 0) is 24.7 Å². The molecule has 0 spiro atoms. The quantitative estimate of drug-likeness (QED) is 0.298. The fourth-order valence-electron chi connectivity index (χ4n) is 2.58. The van der Waals surface area contributed by atoms with Crippen LogP contribution in [0.15, 0.2) is 27.7 Å². The van der Waals surface area contributed by atoms with E-state index < -0.39 is 17.3 Å². The molecule has 2 rings (SSSR count). The minimum absolute atomic E-state index is 0. The highest BCUT2D eigenvalue weighted by Gasteiger charge is 2.34. The molecule has 0 fully saturated rings. The molecule has 0 atom stereocenters. The van der Waals surface area contributed by atoms with Gasteiger partial charge in [0.05, 0.1) is 12.1 Å². The van der Waals surface area contributed by atoms with E-state index in [1.807, 2.05) is 20.8 Å². The Morgan fingerprint density at radius 3 is 2.19 bits per heavy atom. The topological polar surface area (TPSA) is 84.6 Å². The van der Waals surface area contributed by atoms with Crippen LogP contribution in [0.25, 0.3) is 0 Å². The number of benzene rings is 1. The lowest BCUT2D eigenvalue weighted by Crippen LogP contribution is -2.37. The first-order valence-electron chi connectivity index (χ1n) is 9.86. The summed E-state index contributed by atoms with van der Waals surface area (Å²) in [4.78, 5) is 8.34. The van der Waals surface area contributed by atoms with E-state index in [4.69, 9.17) is 9.26 Å². The van der Waals surface area contributed by atoms with Crippen LogP contribution in [0, 0.1) is 0 Å². The predicted octanol–water partition coefficient (Wildman–Crippen LogP) is 5.05. The summed E-state index contributed by atoms with van der Waals surface area (Å²) in [6.45, 7) is 11.3. The molecular formula is C21H31F3IN5O2. The number of nitrogens with one attached hydrogen (secondary N) is 2. The van der Waals surface area contributed by atoms with E-state index in [0.717, 1.165) is 6.07 Å². The van der Waals surface area contributed by atoms with Crippen LogP contribution in [-0.4, -0.2) is 28.7 Å². The van der Waals surface area contributed by atoms with E-state index in [0.29, 0.717) is 17.7 Å². The van der Waals surface area contributed by atoms with Crippen LogP contribution in [0.4, 0.5) is 13.2 Å². The number of hydrogen-bond acceptors (Lipinski definition) is 5. The molecule has 180 valence electrons. The number of hydrogen-bond donors (Lipinski definition) is 2. The molecule has 0 aliphatic rings. The Kier molecular flexibility index (Phi) is 9.37. The third-order valence-corrected chi connectivity index (χ3v) is 4.00. The molecular weight excluding hydrogens is 538 g/mol. The van der Waals surface area contributed by atoms with Crippen molar-refractivity contribution in [3.63, 3.8) is 0 Å². The zero-order valence-corrected chi connectivity index (χ0v) is 21.7. The lowest BCUT2D eigenvalue weighted by atomic mass is 9.97. The number of ether oxygens (including phenoxy) is 1. The summed E-state index contributed by atoms with van der Waals surface area (Å²) in [6.07, 6.45) is -4.51. The van der Waals surface area contributed by atoms with Crippen molar-refractivity contribution in [2.45, 2.75) is 71.8 Å². The molecule has 1 aromatic carbocycles. The summed E-state index contributed by atoms with van der Waals surface area (Å²) in [6, 6.07) is 3.95. The van der Waals surface area contributed by atoms with Crippen molar-refractivity contribution >= 4 is 29.9 Å². The van der Waals surface area contributed by atoms with Crippen molar-refractivity contribution in [1.82, 2.24) is 20.8 Å². The van der Waals surface area contributed by atoms with Crippen LogP contribution < -0.4 is 15.4 Å². The van der Waals surface area contributed by atoms with Gasteiger partial charge in [-0.1, -0.05) is 32.0 Å². The zero-order valence-electron chi connectivity index (χ0n) is 19.3. The van der Waals surface area contributed by atoms with Gasteiger partial charge in [-0.15, -0.1) is 24.0 Å². The van der Waals surface area contributed by atoms with Gasteiger partial charge in [-0.25, -0.2) is 0 Å². The van der Waals surface area contributed by atoms with Gasteiger partial charge >= 0.3 is 6.18 Å². The van der Waals surface area contributed by atoms with Crippen molar-refractivity contribution in [2.75, 3.05) is 7.05 Å². The maximum absolute atomic E-state index is 13.6. The van der Waals surface area contributed by atoms with Crippen molar-refractivity contribution < 1.29 is 22.4 Å². The fraction of sp³-hybridized carbons (Fsp3) is 0.571. The van der Waals surface area contributed by atoms with Crippen molar-refractivity contribution in [2.24, 2.45) is 4.99 Å². The van der Waals surface area contributed by atoms with Gasteiger partial charge < -0.3 is 19.9 Å². The van der Waals surface area contributed by atoms with Gasteiger partial charge in [0.25, 0.3) is 0 Å². The molecule has 0 radical (unpaired) electrons. The SMILES string of the molecule is CN=C(NCc1noc(C(C)(C)C)n1)NCc1ccc(OC(C)(C)C)cc1C(F)(F)F.I. The van der Waals surface area contributed by atoms with E-state index in [2.05, 4.69) is 25.8 Å². The molecule has 1 heterocycles. The highest BCUT2D eigenvalue weighted by molar-refractivity contribution is 14.0. The lowest BCUT2D eigenvalue weighted by molar-refractivity contribution is -0.138. The minimum Gasteiger partial charge on any atom is -0.488 e. The van der Waals surface area contributed by atoms with Gasteiger partial charge in [-0.05, 0) is 38.5 Å². The second-order valence-corrected chi connectivity index (χ2v) is 9.08. The Morgan fingerprint density at radius 1 is 1.06 bits per heavy atom. The molecule has 1 aromatic heterocycles. The van der Waals surface area contributed by atoms with E-state index >= 15 is 0 Å². The summed E-state index contributed by atoms with van der Waals surface area (Å²) in [7, 11) is 1.52. The van der Waals surface area contributed by atoms with Gasteiger partial charge in [0.1, 0.15) is 11.4 Å². The molecule has 2 aromatic rings. The van der Waals surface area contributed by atoms with Gasteiger partial charge in [0, 0.05) is 19.0 Å². The summed E-state index contributed by atoms with van der Waals surface area (Å²) in [5.74, 6) is 1.40. The second-order valence-electron chi connectivity index (χ2n) is 9.08. The van der Waals surface area contributed by atoms with E-state index in [1.165, 1.54) is 19.2 Å². The third-order valence-electron chi connectivity index (χ3n) is 4.00. The summed E-state index contributed by atoms with van der Waals surface area (Å²) < 4.78 is 51.5. The maximum Gasteiger partial charge on any atom is 0.416 e. The molecule has 0 bridgehead atoms. The first-order valence-corrected chi connectivity index (χ1v) is 9.86. The molecule has 0 saturated heterocycles. The highest BCUT2D eigenvalue weighted by Crippen LogP contribution is 2.35. The van der Waals surface area contributed by atoms with Crippen LogP contribution in [0.3, 0.4) is 0 Å². The standard InChI is InChI=1S/C21H30F3N5O2.HI/c1-19(2,3)17-28-16(29-31-17)12-27-18(25-7)26-11-13-8-9-14(30-20(4,5)6)10-15(13)21(22,23)24;/h8-10H,11-12H2,1-7H3,(H2,25,26,27);1H. The molecule has 11 heteroatoms. The fourth-order valence-corrected chi connectivity index (χ4v) is 2.58. The highest BCUT2D eigenvalue weighted by atomic mass is 127. The summed E-state index contributed by atoms with van der Waals surface area (Å²) in [5.41, 5.74) is -1.56. The van der Waals surface area contributed by atoms with Crippen LogP contribution in [0.2, 0.25) is 0 Å². The molecule has 0 unspecified atom stereocenters. The summed E-state index contributed by atoms with van der Waals surface area (Å²) in [5, 5.41) is 9.75. The first-order chi connectivity index (χ1) is 14.2. The van der Waals surface area contributed by atoms with Gasteiger partial charge in [0.2, 0.25) is 5.89 Å². The lowest BCUT2D eigenvalue weighted by Gasteiger charge is -2.23. The molecule has 0 saturated carbocycles. The first kappa shape index (κ1) is 28.0. The van der Waals surface area contributed by atoms with Crippen molar-refractivity contribution in [3.05, 3.63) is 41.0 Å². The van der Waals surface area contributed by atoms with Gasteiger partial charge in [-0.2, -0.15) is 18.2 Å². The average molecular weight is 569 g/mol. The maximum atomic E-state index is 13.6. The average Bonchev–Trinajstić information content (AvgIpc) is 3.10. The Balaban J connectivity index is 0.00000512. The molecule has 0 aliphatic carbocycles. The number of rotatable bonds is 5. The number of aliphatic imine (C=N–C) groups is 1. The van der Waals surface area contributed by atoms with Crippen LogP contribution in [0.5, 0.6) is 5.75 Å². The number of halogens is 4. The number of nitrogens with zero attached hydrogens (tertiary/aromatic N) is 3.